The Morgan fingerprint density at radius 1 is 0.982 bits per heavy atom. The number of carboxylic acid groups (broad SMARTS) is 1. The van der Waals surface area contributed by atoms with Crippen molar-refractivity contribution in [2.24, 2.45) is 11.8 Å². The molecule has 3 heterocycles. The lowest BCUT2D eigenvalue weighted by Gasteiger charge is -2.48. The first-order valence-corrected chi connectivity index (χ1v) is 19.3. The van der Waals surface area contributed by atoms with Gasteiger partial charge in [-0.25, -0.2) is 14.2 Å². The number of aliphatic hydroxyl groups excluding tert-OH is 1. The maximum Gasteiger partial charge on any atom is 0.326 e. The molecule has 0 saturated carbocycles. The second kappa shape index (κ2) is 18.6. The Labute approximate surface area is 327 Å². The SMILES string of the molecule is CC(C)C(NC(=O)COC1(CCc2ccc(C3[C@@H](CCC(O)c4ccc(F)cc4)C(=O)N3c3ccc(CCCNc4ccccn4)cc3)cc2)COC1)C(=O)O. The van der Waals surface area contributed by atoms with Gasteiger partial charge in [-0.15, -0.1) is 0 Å². The monoisotopic (exact) mass is 766 g/mol. The van der Waals surface area contributed by atoms with Crippen LogP contribution in [0.5, 0.6) is 0 Å². The number of aliphatic carboxylic acids is 1. The molecule has 0 aliphatic carbocycles. The van der Waals surface area contributed by atoms with Crippen molar-refractivity contribution < 1.29 is 38.5 Å². The number of carbonyl (C=O) groups excluding carboxylic acids is 2. The lowest BCUT2D eigenvalue weighted by molar-refractivity contribution is -0.212. The fraction of sp³-hybridized carbons (Fsp3) is 0.409. The van der Waals surface area contributed by atoms with E-state index in [0.29, 0.717) is 44.5 Å². The van der Waals surface area contributed by atoms with E-state index in [9.17, 15) is 29.0 Å². The fourth-order valence-corrected chi connectivity index (χ4v) is 7.32. The van der Waals surface area contributed by atoms with E-state index in [1.54, 1.807) is 32.2 Å². The van der Waals surface area contributed by atoms with Crippen molar-refractivity contribution in [2.75, 3.05) is 36.6 Å². The summed E-state index contributed by atoms with van der Waals surface area (Å²) in [5.74, 6) is -1.71. The predicted octanol–water partition coefficient (Wildman–Crippen LogP) is 6.43. The average Bonchev–Trinajstić information content (AvgIpc) is 3.18. The third-order valence-corrected chi connectivity index (χ3v) is 10.7. The van der Waals surface area contributed by atoms with Gasteiger partial charge in [0.1, 0.15) is 29.9 Å². The molecule has 0 spiro atoms. The molecule has 0 bridgehead atoms. The second-order valence-corrected chi connectivity index (χ2v) is 15.1. The van der Waals surface area contributed by atoms with Crippen LogP contribution in [0, 0.1) is 17.7 Å². The minimum absolute atomic E-state index is 0.00567. The molecule has 4 atom stereocenters. The molecule has 4 aromatic rings. The Morgan fingerprint density at radius 3 is 2.30 bits per heavy atom. The highest BCUT2D eigenvalue weighted by molar-refractivity contribution is 6.03. The normalized spacial score (nSPS) is 18.4. The fourth-order valence-electron chi connectivity index (χ4n) is 7.32. The summed E-state index contributed by atoms with van der Waals surface area (Å²) in [6.45, 7) is 4.69. The highest BCUT2D eigenvalue weighted by atomic mass is 19.1. The summed E-state index contributed by atoms with van der Waals surface area (Å²) in [5, 5.41) is 26.2. The Kier molecular flexibility index (Phi) is 13.5. The number of pyridine rings is 1. The van der Waals surface area contributed by atoms with Crippen LogP contribution in [-0.4, -0.2) is 71.0 Å². The van der Waals surface area contributed by atoms with Gasteiger partial charge >= 0.3 is 5.97 Å². The number of nitrogens with zero attached hydrogens (tertiary/aromatic N) is 2. The Hall–Kier alpha value is -5.17. The standard InChI is InChI=1S/C44H51FN4O7/c1-29(2)40(43(53)54)48-39(51)26-56-44(27-55-28-44)23-22-31-8-12-33(13-9-31)41-36(20-21-37(50)32-14-16-34(45)17-15-32)42(52)49(41)35-18-10-30(11-19-35)6-5-25-47-38-7-3-4-24-46-38/h3-4,7-19,24,29,36-37,40-41,50H,5-6,20-23,25-28H2,1-2H3,(H,46,47)(H,48,51)(H,53,54)/t36-,37?,40?,41?/m1/s1. The van der Waals surface area contributed by atoms with Gasteiger partial charge < -0.3 is 35.2 Å². The zero-order chi connectivity index (χ0) is 39.7. The molecule has 3 aromatic carbocycles. The van der Waals surface area contributed by atoms with Crippen molar-refractivity contribution >= 4 is 29.3 Å². The van der Waals surface area contributed by atoms with Crippen LogP contribution in [0.3, 0.4) is 0 Å². The number of amides is 2. The quantitative estimate of drug-likeness (QED) is 0.0590. The lowest BCUT2D eigenvalue weighted by atomic mass is 9.78. The van der Waals surface area contributed by atoms with Crippen LogP contribution in [0.15, 0.2) is 97.2 Å². The highest BCUT2D eigenvalue weighted by Crippen LogP contribution is 2.46. The van der Waals surface area contributed by atoms with E-state index in [2.05, 4.69) is 27.8 Å². The molecule has 0 radical (unpaired) electrons. The first-order chi connectivity index (χ1) is 27.0. The maximum atomic E-state index is 13.8. The number of benzene rings is 3. The van der Waals surface area contributed by atoms with Gasteiger partial charge in [0.25, 0.3) is 0 Å². The van der Waals surface area contributed by atoms with Gasteiger partial charge in [-0.3, -0.25) is 9.59 Å². The van der Waals surface area contributed by atoms with Crippen LogP contribution in [0.1, 0.15) is 73.9 Å². The molecule has 11 nitrogen and oxygen atoms in total. The first-order valence-electron chi connectivity index (χ1n) is 19.3. The summed E-state index contributed by atoms with van der Waals surface area (Å²) in [7, 11) is 0. The average molecular weight is 767 g/mol. The Balaban J connectivity index is 1.09. The summed E-state index contributed by atoms with van der Waals surface area (Å²) < 4.78 is 25.0. The molecule has 2 aliphatic rings. The van der Waals surface area contributed by atoms with Gasteiger partial charge in [-0.2, -0.15) is 0 Å². The first kappa shape index (κ1) is 40.5. The van der Waals surface area contributed by atoms with Gasteiger partial charge in [0.05, 0.1) is 31.3 Å². The number of β-lactam (4-membered cyclic amide) rings is 1. The number of rotatable bonds is 20. The molecule has 296 valence electrons. The third kappa shape index (κ3) is 10.2. The van der Waals surface area contributed by atoms with Gasteiger partial charge in [0.15, 0.2) is 0 Å². The summed E-state index contributed by atoms with van der Waals surface area (Å²) >= 11 is 0. The zero-order valence-corrected chi connectivity index (χ0v) is 31.9. The molecule has 6 rings (SSSR count). The molecule has 12 heteroatoms. The van der Waals surface area contributed by atoms with Crippen LogP contribution in [0.2, 0.25) is 0 Å². The highest BCUT2D eigenvalue weighted by Gasteiger charge is 2.48. The van der Waals surface area contributed by atoms with Crippen LogP contribution in [-0.2, 0) is 36.7 Å². The minimum atomic E-state index is -1.09. The summed E-state index contributed by atoms with van der Waals surface area (Å²) in [6.07, 6.45) is 4.81. The topological polar surface area (TPSA) is 150 Å². The largest absolute Gasteiger partial charge is 0.480 e. The number of aromatic nitrogens is 1. The smallest absolute Gasteiger partial charge is 0.326 e. The summed E-state index contributed by atoms with van der Waals surface area (Å²) in [4.78, 5) is 44.0. The molecule has 56 heavy (non-hydrogen) atoms. The van der Waals surface area contributed by atoms with E-state index in [0.717, 1.165) is 42.0 Å². The molecule has 3 unspecified atom stereocenters. The van der Waals surface area contributed by atoms with Crippen LogP contribution < -0.4 is 15.5 Å². The van der Waals surface area contributed by atoms with E-state index in [-0.39, 0.29) is 36.2 Å². The Bertz CT molecular complexity index is 1900. The summed E-state index contributed by atoms with van der Waals surface area (Å²) in [6, 6.07) is 26.6. The molecule has 4 N–H and O–H groups in total. The van der Waals surface area contributed by atoms with Crippen molar-refractivity contribution in [3.63, 3.8) is 0 Å². The molecular formula is C44H51FN4O7. The van der Waals surface area contributed by atoms with Crippen molar-refractivity contribution in [2.45, 2.75) is 76.2 Å². The van der Waals surface area contributed by atoms with E-state index < -0.39 is 29.6 Å². The van der Waals surface area contributed by atoms with Crippen molar-refractivity contribution in [3.8, 4) is 0 Å². The van der Waals surface area contributed by atoms with E-state index in [1.165, 1.54) is 17.7 Å². The van der Waals surface area contributed by atoms with Crippen molar-refractivity contribution in [1.29, 1.82) is 0 Å². The van der Waals surface area contributed by atoms with Crippen LogP contribution >= 0.6 is 0 Å². The zero-order valence-electron chi connectivity index (χ0n) is 31.9. The lowest BCUT2D eigenvalue weighted by Crippen LogP contribution is -2.55. The molecular weight excluding hydrogens is 716 g/mol. The molecule has 2 fully saturated rings. The number of carboxylic acids is 1. The molecule has 2 aliphatic heterocycles. The van der Waals surface area contributed by atoms with Gasteiger partial charge in [-0.05, 0) is 103 Å². The van der Waals surface area contributed by atoms with E-state index in [1.807, 2.05) is 59.5 Å². The molecule has 2 amide bonds. The number of anilines is 2. The second-order valence-electron chi connectivity index (χ2n) is 15.1. The maximum absolute atomic E-state index is 13.8. The Morgan fingerprint density at radius 2 is 1.68 bits per heavy atom. The molecule has 1 aromatic heterocycles. The number of halogens is 1. The third-order valence-electron chi connectivity index (χ3n) is 10.7. The van der Waals surface area contributed by atoms with E-state index in [4.69, 9.17) is 9.47 Å². The van der Waals surface area contributed by atoms with Crippen LogP contribution in [0.25, 0.3) is 0 Å². The van der Waals surface area contributed by atoms with Crippen molar-refractivity contribution in [3.05, 3.63) is 125 Å². The van der Waals surface area contributed by atoms with Crippen LogP contribution in [0.4, 0.5) is 15.9 Å². The van der Waals surface area contributed by atoms with Gasteiger partial charge in [0, 0.05) is 18.4 Å². The number of ether oxygens (including phenoxy) is 2. The minimum Gasteiger partial charge on any atom is -0.480 e. The number of hydrogen-bond acceptors (Lipinski definition) is 8. The number of nitrogens with one attached hydrogen (secondary N) is 2. The number of hydrogen-bond donors (Lipinski definition) is 4. The van der Waals surface area contributed by atoms with Crippen molar-refractivity contribution in [1.82, 2.24) is 10.3 Å². The van der Waals surface area contributed by atoms with Gasteiger partial charge in [0.2, 0.25) is 11.8 Å². The molecule has 2 saturated heterocycles. The number of aryl methyl sites for hydroxylation is 2. The summed E-state index contributed by atoms with van der Waals surface area (Å²) in [5.41, 5.74) is 3.99. The predicted molar refractivity (Wildman–Crippen MR) is 210 cm³/mol. The van der Waals surface area contributed by atoms with E-state index >= 15 is 0 Å². The number of carbonyl (C=O) groups is 3. The number of aliphatic hydroxyl groups is 1. The van der Waals surface area contributed by atoms with Gasteiger partial charge in [-0.1, -0.05) is 68.4 Å².